The van der Waals surface area contributed by atoms with Crippen molar-refractivity contribution < 1.29 is 22.1 Å². The van der Waals surface area contributed by atoms with Crippen molar-refractivity contribution in [3.63, 3.8) is 0 Å². The van der Waals surface area contributed by atoms with Crippen molar-refractivity contribution in [3.8, 4) is 0 Å². The number of hydrogen-bond acceptors (Lipinski definition) is 3. The quantitative estimate of drug-likeness (QED) is 0.602. The fraction of sp³-hybridized carbons (Fsp3) is 0.357. The molecule has 21 heavy (non-hydrogen) atoms. The molecular weight excluding hydrogens is 321 g/mol. The molecule has 0 amide bonds. The summed E-state index contributed by atoms with van der Waals surface area (Å²) in [4.78, 5) is -0.0277. The molecule has 0 radical (unpaired) electrons. The van der Waals surface area contributed by atoms with E-state index in [4.69, 9.17) is 9.47 Å². The lowest BCUT2D eigenvalue weighted by Crippen LogP contribution is -2.32. The maximum absolute atomic E-state index is 13.1. The van der Waals surface area contributed by atoms with Gasteiger partial charge >= 0.3 is 5.37 Å². The average Bonchev–Trinajstić information content (AvgIpc) is 2.53. The van der Waals surface area contributed by atoms with E-state index < -0.39 is 22.5 Å². The van der Waals surface area contributed by atoms with Crippen molar-refractivity contribution in [3.05, 3.63) is 35.9 Å². The molecule has 2 nitrogen and oxygen atoms in total. The molecule has 116 valence electrons. The molecule has 1 aliphatic rings. The molecule has 0 aromatic heterocycles. The summed E-state index contributed by atoms with van der Waals surface area (Å²) < 4.78 is 48.5. The number of hydrogen-bond donors (Lipinski definition) is 0. The zero-order valence-electron chi connectivity index (χ0n) is 11.3. The molecule has 1 heterocycles. The minimum atomic E-state index is -2.60. The SMILES string of the molecule is CSC1COC(/C=C/c2ccc(S(F)=C(F)F)cc2)OC1. The van der Waals surface area contributed by atoms with Crippen LogP contribution in [-0.2, 0) is 9.47 Å². The van der Waals surface area contributed by atoms with E-state index in [1.165, 1.54) is 12.1 Å². The summed E-state index contributed by atoms with van der Waals surface area (Å²) in [7, 11) is -2.60. The molecule has 1 aliphatic heterocycles. The highest BCUT2D eigenvalue weighted by Crippen LogP contribution is 2.30. The van der Waals surface area contributed by atoms with Crippen LogP contribution in [0.25, 0.3) is 6.08 Å². The molecule has 7 heteroatoms. The third-order valence-electron chi connectivity index (χ3n) is 2.89. The first-order valence-electron chi connectivity index (χ1n) is 6.23. The highest BCUT2D eigenvalue weighted by molar-refractivity contribution is 8.11. The molecule has 1 aromatic carbocycles. The van der Waals surface area contributed by atoms with Gasteiger partial charge in [-0.25, -0.2) is 0 Å². The Morgan fingerprint density at radius 2 is 1.86 bits per heavy atom. The number of rotatable bonds is 4. The first-order chi connectivity index (χ1) is 10.1. The van der Waals surface area contributed by atoms with E-state index in [1.54, 1.807) is 36.0 Å². The van der Waals surface area contributed by atoms with Gasteiger partial charge in [0.05, 0.1) is 29.3 Å². The first kappa shape index (κ1) is 16.6. The molecule has 1 saturated heterocycles. The zero-order valence-corrected chi connectivity index (χ0v) is 12.9. The van der Waals surface area contributed by atoms with Gasteiger partial charge in [0.2, 0.25) is 0 Å². The Bertz CT molecular complexity index is 520. The molecule has 0 saturated carbocycles. The Morgan fingerprint density at radius 1 is 1.24 bits per heavy atom. The van der Waals surface area contributed by atoms with Gasteiger partial charge in [-0.1, -0.05) is 18.2 Å². The summed E-state index contributed by atoms with van der Waals surface area (Å²) in [6.45, 7) is 1.26. The Morgan fingerprint density at radius 3 is 2.38 bits per heavy atom. The van der Waals surface area contributed by atoms with E-state index in [1.807, 2.05) is 6.26 Å². The molecule has 0 aliphatic carbocycles. The average molecular weight is 336 g/mol. The van der Waals surface area contributed by atoms with Crippen molar-refractivity contribution in [2.75, 3.05) is 19.5 Å². The van der Waals surface area contributed by atoms with Gasteiger partial charge in [0, 0.05) is 4.90 Å². The van der Waals surface area contributed by atoms with E-state index in [0.717, 1.165) is 5.56 Å². The van der Waals surface area contributed by atoms with E-state index in [-0.39, 0.29) is 4.90 Å². The summed E-state index contributed by atoms with van der Waals surface area (Å²) in [6.07, 6.45) is 5.12. The summed E-state index contributed by atoms with van der Waals surface area (Å²) >= 11 is 1.70. The van der Waals surface area contributed by atoms with Crippen LogP contribution in [-0.4, -0.2) is 36.4 Å². The molecule has 0 spiro atoms. The van der Waals surface area contributed by atoms with E-state index in [0.29, 0.717) is 18.5 Å². The number of thioether (sulfide) groups is 1. The summed E-state index contributed by atoms with van der Waals surface area (Å²) in [5.41, 5.74) is 0.772. The Hall–Kier alpha value is -0.760. The van der Waals surface area contributed by atoms with Crippen molar-refractivity contribution in [2.45, 2.75) is 16.4 Å². The molecule has 1 atom stereocenters. The van der Waals surface area contributed by atoms with Crippen molar-refractivity contribution >= 4 is 34.1 Å². The van der Waals surface area contributed by atoms with Crippen LogP contribution in [0.4, 0.5) is 12.7 Å². The summed E-state index contributed by atoms with van der Waals surface area (Å²) in [5.74, 6) is 0. The molecule has 1 aromatic rings. The fourth-order valence-electron chi connectivity index (χ4n) is 1.72. The summed E-state index contributed by atoms with van der Waals surface area (Å²) in [5, 5.41) is -1.85. The minimum Gasteiger partial charge on any atom is -0.348 e. The molecule has 1 fully saturated rings. The third kappa shape index (κ3) is 4.88. The van der Waals surface area contributed by atoms with Gasteiger partial charge in [0.15, 0.2) is 6.29 Å². The van der Waals surface area contributed by atoms with Gasteiger partial charge in [0.1, 0.15) is 0 Å². The van der Waals surface area contributed by atoms with Gasteiger partial charge in [-0.3, -0.25) is 0 Å². The largest absolute Gasteiger partial charge is 0.348 e. The van der Waals surface area contributed by atoms with E-state index >= 15 is 0 Å². The zero-order chi connectivity index (χ0) is 15.2. The lowest BCUT2D eigenvalue weighted by Gasteiger charge is -2.26. The maximum Gasteiger partial charge on any atom is 0.328 e. The molecule has 0 N–H and O–H groups in total. The number of ether oxygens (including phenoxy) is 2. The number of halogens is 3. The minimum absolute atomic E-state index is 0.0277. The Balaban J connectivity index is 1.95. The number of benzene rings is 1. The molecule has 1 unspecified atom stereocenters. The maximum atomic E-state index is 13.1. The smallest absolute Gasteiger partial charge is 0.328 e. The molecular formula is C14H15F3O2S2. The van der Waals surface area contributed by atoms with Gasteiger partial charge in [0.25, 0.3) is 0 Å². The van der Waals surface area contributed by atoms with E-state index in [2.05, 4.69) is 0 Å². The second-order valence-electron chi connectivity index (χ2n) is 4.30. The lowest BCUT2D eigenvalue weighted by atomic mass is 10.2. The Kier molecular flexibility index (Phi) is 6.35. The molecule has 0 bridgehead atoms. The first-order valence-corrected chi connectivity index (χ1v) is 8.64. The fourth-order valence-corrected chi connectivity index (χ4v) is 2.71. The van der Waals surface area contributed by atoms with Crippen molar-refractivity contribution in [2.24, 2.45) is 0 Å². The van der Waals surface area contributed by atoms with Gasteiger partial charge in [-0.15, -0.1) is 0 Å². The van der Waals surface area contributed by atoms with Crippen LogP contribution in [0.15, 0.2) is 35.2 Å². The van der Waals surface area contributed by atoms with Gasteiger partial charge in [-0.2, -0.15) is 24.4 Å². The predicted octanol–water partition coefficient (Wildman–Crippen LogP) is 4.34. The van der Waals surface area contributed by atoms with Gasteiger partial charge < -0.3 is 9.47 Å². The van der Waals surface area contributed by atoms with Crippen LogP contribution in [0.3, 0.4) is 0 Å². The van der Waals surface area contributed by atoms with Crippen LogP contribution in [0.5, 0.6) is 0 Å². The van der Waals surface area contributed by atoms with Crippen LogP contribution in [0, 0.1) is 0 Å². The van der Waals surface area contributed by atoms with Crippen LogP contribution >= 0.6 is 22.6 Å². The van der Waals surface area contributed by atoms with Gasteiger partial charge in [-0.05, 0) is 30.0 Å². The monoisotopic (exact) mass is 336 g/mol. The highest BCUT2D eigenvalue weighted by Gasteiger charge is 2.19. The van der Waals surface area contributed by atoms with E-state index in [9.17, 15) is 12.7 Å². The molecule has 2 rings (SSSR count). The highest BCUT2D eigenvalue weighted by atomic mass is 32.2. The topological polar surface area (TPSA) is 18.5 Å². The van der Waals surface area contributed by atoms with Crippen LogP contribution < -0.4 is 0 Å². The van der Waals surface area contributed by atoms with Crippen LogP contribution in [0.2, 0.25) is 0 Å². The third-order valence-corrected chi connectivity index (χ3v) is 4.79. The van der Waals surface area contributed by atoms with Crippen molar-refractivity contribution in [1.82, 2.24) is 0 Å². The second kappa shape index (κ2) is 8.03. The summed E-state index contributed by atoms with van der Waals surface area (Å²) in [6, 6.07) is 5.88. The second-order valence-corrected chi connectivity index (χ2v) is 6.73. The standard InChI is InChI=1S/C14H15F3O2S2/c1-20-11-8-18-13(19-9-11)7-4-10-2-5-12(6-3-10)21(17)14(15)16/h2-7,11,13H,8-9H2,1H3/b7-4+. The Labute approximate surface area is 128 Å². The predicted molar refractivity (Wildman–Crippen MR) is 82.7 cm³/mol. The normalized spacial score (nSPS) is 24.2. The van der Waals surface area contributed by atoms with Crippen molar-refractivity contribution in [1.29, 1.82) is 0 Å². The lowest BCUT2D eigenvalue weighted by molar-refractivity contribution is -0.145. The van der Waals surface area contributed by atoms with Crippen LogP contribution in [0.1, 0.15) is 5.56 Å².